The standard InChI is InChI=1S/C13H20N2O5S/c1-10(2)14(7-4-8-16)21(19,20)12-6-5-11(3)13(9-12)15(17)18/h5-6,9-10,16H,4,7-8H2,1-3H3. The van der Waals surface area contributed by atoms with Gasteiger partial charge in [-0.05, 0) is 33.3 Å². The summed E-state index contributed by atoms with van der Waals surface area (Å²) in [5, 5.41) is 19.8. The van der Waals surface area contributed by atoms with Gasteiger partial charge in [0.15, 0.2) is 0 Å². The molecule has 0 aromatic heterocycles. The maximum absolute atomic E-state index is 12.6. The van der Waals surface area contributed by atoms with Crippen LogP contribution in [0, 0.1) is 17.0 Å². The number of hydrogen-bond donors (Lipinski definition) is 1. The van der Waals surface area contributed by atoms with Gasteiger partial charge in [-0.25, -0.2) is 8.42 Å². The highest BCUT2D eigenvalue weighted by Crippen LogP contribution is 2.25. The molecule has 0 atom stereocenters. The average molecular weight is 316 g/mol. The summed E-state index contributed by atoms with van der Waals surface area (Å²) in [6.45, 7) is 5.04. The van der Waals surface area contributed by atoms with Crippen molar-refractivity contribution >= 4 is 15.7 Å². The van der Waals surface area contributed by atoms with E-state index in [0.29, 0.717) is 12.0 Å². The van der Waals surface area contributed by atoms with Crippen molar-refractivity contribution in [2.75, 3.05) is 13.2 Å². The van der Waals surface area contributed by atoms with E-state index in [1.54, 1.807) is 20.8 Å². The summed E-state index contributed by atoms with van der Waals surface area (Å²) < 4.78 is 26.4. The Bertz CT molecular complexity index is 613. The number of hydrogen-bond acceptors (Lipinski definition) is 5. The molecular weight excluding hydrogens is 296 g/mol. The van der Waals surface area contributed by atoms with Crippen LogP contribution in [0.3, 0.4) is 0 Å². The van der Waals surface area contributed by atoms with Crippen molar-refractivity contribution in [1.29, 1.82) is 0 Å². The highest BCUT2D eigenvalue weighted by atomic mass is 32.2. The summed E-state index contributed by atoms with van der Waals surface area (Å²) in [5.74, 6) is 0. The highest BCUT2D eigenvalue weighted by molar-refractivity contribution is 7.89. The molecule has 1 aromatic rings. The lowest BCUT2D eigenvalue weighted by atomic mass is 10.2. The van der Waals surface area contributed by atoms with Crippen molar-refractivity contribution in [3.8, 4) is 0 Å². The van der Waals surface area contributed by atoms with Crippen LogP contribution < -0.4 is 0 Å². The normalized spacial score (nSPS) is 12.1. The quantitative estimate of drug-likeness (QED) is 0.609. The summed E-state index contributed by atoms with van der Waals surface area (Å²) in [5.41, 5.74) is 0.187. The number of aryl methyl sites for hydroxylation is 1. The van der Waals surface area contributed by atoms with Gasteiger partial charge in [0.1, 0.15) is 0 Å². The van der Waals surface area contributed by atoms with Gasteiger partial charge in [-0.3, -0.25) is 10.1 Å². The molecular formula is C13H20N2O5S. The molecule has 0 aliphatic carbocycles. The van der Waals surface area contributed by atoms with E-state index < -0.39 is 14.9 Å². The maximum Gasteiger partial charge on any atom is 0.273 e. The molecule has 1 N–H and O–H groups in total. The summed E-state index contributed by atoms with van der Waals surface area (Å²) in [7, 11) is -3.83. The molecule has 0 bridgehead atoms. The molecule has 0 fully saturated rings. The Labute approximate surface area is 124 Å². The van der Waals surface area contributed by atoms with Crippen LogP contribution in [0.15, 0.2) is 23.1 Å². The van der Waals surface area contributed by atoms with Crippen LogP contribution in [0.1, 0.15) is 25.8 Å². The third-order valence-corrected chi connectivity index (χ3v) is 5.17. The van der Waals surface area contributed by atoms with E-state index in [1.807, 2.05) is 0 Å². The fourth-order valence-electron chi connectivity index (χ4n) is 1.96. The zero-order chi connectivity index (χ0) is 16.2. The average Bonchev–Trinajstić information content (AvgIpc) is 2.38. The molecule has 0 spiro atoms. The van der Waals surface area contributed by atoms with Gasteiger partial charge in [-0.1, -0.05) is 6.07 Å². The monoisotopic (exact) mass is 316 g/mol. The predicted molar refractivity (Wildman–Crippen MR) is 78.6 cm³/mol. The van der Waals surface area contributed by atoms with E-state index in [1.165, 1.54) is 16.4 Å². The third-order valence-electron chi connectivity index (χ3n) is 3.10. The van der Waals surface area contributed by atoms with Gasteiger partial charge >= 0.3 is 0 Å². The second kappa shape index (κ2) is 6.97. The molecule has 0 unspecified atom stereocenters. The van der Waals surface area contributed by atoms with Gasteiger partial charge in [-0.15, -0.1) is 0 Å². The van der Waals surface area contributed by atoms with Crippen molar-refractivity contribution in [3.05, 3.63) is 33.9 Å². The molecule has 1 aromatic carbocycles. The van der Waals surface area contributed by atoms with E-state index in [2.05, 4.69) is 0 Å². The fraction of sp³-hybridized carbons (Fsp3) is 0.538. The molecule has 8 heteroatoms. The van der Waals surface area contributed by atoms with Crippen LogP contribution in [0.2, 0.25) is 0 Å². The molecule has 0 heterocycles. The third kappa shape index (κ3) is 3.99. The van der Waals surface area contributed by atoms with Gasteiger partial charge < -0.3 is 5.11 Å². The van der Waals surface area contributed by atoms with Gasteiger partial charge in [0.05, 0.1) is 9.82 Å². The summed E-state index contributed by atoms with van der Waals surface area (Å²) in [6.07, 6.45) is 0.311. The molecule has 0 saturated carbocycles. The minimum atomic E-state index is -3.83. The van der Waals surface area contributed by atoms with Crippen LogP contribution in [0.4, 0.5) is 5.69 Å². The first-order valence-electron chi connectivity index (χ1n) is 6.59. The zero-order valence-corrected chi connectivity index (χ0v) is 13.1. The minimum absolute atomic E-state index is 0.105. The lowest BCUT2D eigenvalue weighted by molar-refractivity contribution is -0.385. The topological polar surface area (TPSA) is 101 Å². The number of nitro groups is 1. The van der Waals surface area contributed by atoms with E-state index >= 15 is 0 Å². The second-order valence-electron chi connectivity index (χ2n) is 4.99. The van der Waals surface area contributed by atoms with Crippen molar-refractivity contribution in [3.63, 3.8) is 0 Å². The number of sulfonamides is 1. The van der Waals surface area contributed by atoms with Gasteiger partial charge in [0, 0.05) is 30.8 Å². The SMILES string of the molecule is Cc1ccc(S(=O)(=O)N(CCCO)C(C)C)cc1[N+](=O)[O-]. The highest BCUT2D eigenvalue weighted by Gasteiger charge is 2.28. The largest absolute Gasteiger partial charge is 0.396 e. The molecule has 0 saturated heterocycles. The predicted octanol–water partition coefficient (Wildman–Crippen LogP) is 1.68. The van der Waals surface area contributed by atoms with E-state index in [9.17, 15) is 18.5 Å². The van der Waals surface area contributed by atoms with E-state index in [0.717, 1.165) is 6.07 Å². The first-order chi connectivity index (χ1) is 9.71. The first-order valence-corrected chi connectivity index (χ1v) is 8.03. The Morgan fingerprint density at radius 3 is 2.48 bits per heavy atom. The molecule has 21 heavy (non-hydrogen) atoms. The Kier molecular flexibility index (Phi) is 5.82. The number of benzene rings is 1. The molecule has 0 radical (unpaired) electrons. The summed E-state index contributed by atoms with van der Waals surface area (Å²) in [4.78, 5) is 10.2. The number of rotatable bonds is 7. The number of aliphatic hydroxyl groups excluding tert-OH is 1. The summed E-state index contributed by atoms with van der Waals surface area (Å²) in [6, 6.07) is 3.57. The van der Waals surface area contributed by atoms with Crippen LogP contribution in [0.25, 0.3) is 0 Å². The second-order valence-corrected chi connectivity index (χ2v) is 6.88. The first kappa shape index (κ1) is 17.5. The molecule has 0 amide bonds. The number of nitrogens with zero attached hydrogens (tertiary/aromatic N) is 2. The zero-order valence-electron chi connectivity index (χ0n) is 12.3. The Morgan fingerprint density at radius 1 is 1.38 bits per heavy atom. The van der Waals surface area contributed by atoms with Crippen LogP contribution in [0.5, 0.6) is 0 Å². The molecule has 0 aliphatic rings. The molecule has 0 aliphatic heterocycles. The van der Waals surface area contributed by atoms with Crippen LogP contribution in [-0.2, 0) is 10.0 Å². The summed E-state index contributed by atoms with van der Waals surface area (Å²) >= 11 is 0. The molecule has 118 valence electrons. The van der Waals surface area contributed by atoms with Crippen LogP contribution >= 0.6 is 0 Å². The van der Waals surface area contributed by atoms with Gasteiger partial charge in [-0.2, -0.15) is 4.31 Å². The minimum Gasteiger partial charge on any atom is -0.396 e. The smallest absolute Gasteiger partial charge is 0.273 e. The van der Waals surface area contributed by atoms with Crippen LogP contribution in [-0.4, -0.2) is 41.9 Å². The fourth-order valence-corrected chi connectivity index (χ4v) is 3.66. The molecule has 7 nitrogen and oxygen atoms in total. The molecule has 1 rings (SSSR count). The maximum atomic E-state index is 12.6. The van der Waals surface area contributed by atoms with Crippen molar-refractivity contribution in [2.45, 2.75) is 38.1 Å². The van der Waals surface area contributed by atoms with Crippen molar-refractivity contribution in [1.82, 2.24) is 4.31 Å². The van der Waals surface area contributed by atoms with Crippen molar-refractivity contribution in [2.24, 2.45) is 0 Å². The number of nitro benzene ring substituents is 1. The van der Waals surface area contributed by atoms with Crippen molar-refractivity contribution < 1.29 is 18.4 Å². The Morgan fingerprint density at radius 2 is 2.00 bits per heavy atom. The Balaban J connectivity index is 3.28. The Hall–Kier alpha value is -1.51. The van der Waals surface area contributed by atoms with E-state index in [-0.39, 0.29) is 29.8 Å². The van der Waals surface area contributed by atoms with E-state index in [4.69, 9.17) is 5.11 Å². The van der Waals surface area contributed by atoms with Gasteiger partial charge in [0.2, 0.25) is 10.0 Å². The number of aliphatic hydroxyl groups is 1. The van der Waals surface area contributed by atoms with Gasteiger partial charge in [0.25, 0.3) is 5.69 Å². The lowest BCUT2D eigenvalue weighted by Gasteiger charge is -2.25. The lowest BCUT2D eigenvalue weighted by Crippen LogP contribution is -2.38.